The van der Waals surface area contributed by atoms with Gasteiger partial charge in [0.1, 0.15) is 6.61 Å². The molecular weight excluding hydrogens is 462 g/mol. The second-order valence-corrected chi connectivity index (χ2v) is 9.38. The Hall–Kier alpha value is -3.21. The van der Waals surface area contributed by atoms with Gasteiger partial charge in [-0.3, -0.25) is 19.3 Å². The molecule has 0 unspecified atom stereocenters. The van der Waals surface area contributed by atoms with E-state index in [1.165, 1.54) is 16.2 Å². The van der Waals surface area contributed by atoms with E-state index in [2.05, 4.69) is 10.6 Å². The fourth-order valence-corrected chi connectivity index (χ4v) is 5.51. The lowest BCUT2D eigenvalue weighted by Crippen LogP contribution is -2.47. The maximum absolute atomic E-state index is 12.7. The van der Waals surface area contributed by atoms with Crippen molar-refractivity contribution in [2.45, 2.75) is 45.1 Å². The van der Waals surface area contributed by atoms with Crippen LogP contribution in [0.4, 0.5) is 4.79 Å². The van der Waals surface area contributed by atoms with Crippen molar-refractivity contribution in [3.8, 4) is 0 Å². The lowest BCUT2D eigenvalue weighted by Gasteiger charge is -2.28. The molecule has 0 aromatic carbocycles. The van der Waals surface area contributed by atoms with Crippen LogP contribution in [0.15, 0.2) is 28.8 Å². The van der Waals surface area contributed by atoms with Gasteiger partial charge in [0.2, 0.25) is 11.8 Å². The third kappa shape index (κ3) is 4.84. The van der Waals surface area contributed by atoms with Crippen molar-refractivity contribution in [2.75, 3.05) is 19.8 Å². The molecule has 182 valence electrons. The molecule has 0 radical (unpaired) electrons. The summed E-state index contributed by atoms with van der Waals surface area (Å²) < 4.78 is 10.5. The molecule has 2 aliphatic heterocycles. The first-order valence-electron chi connectivity index (χ1n) is 11.4. The predicted octanol–water partition coefficient (Wildman–Crippen LogP) is 2.03. The second-order valence-electron chi connectivity index (χ2n) is 8.40. The highest BCUT2D eigenvalue weighted by Gasteiger charge is 2.47. The van der Waals surface area contributed by atoms with E-state index in [0.717, 1.165) is 17.7 Å². The van der Waals surface area contributed by atoms with E-state index in [9.17, 15) is 24.0 Å². The Morgan fingerprint density at radius 3 is 2.44 bits per heavy atom. The summed E-state index contributed by atoms with van der Waals surface area (Å²) in [4.78, 5) is 64.4. The Bertz CT molecular complexity index is 996. The van der Waals surface area contributed by atoms with Crippen molar-refractivity contribution in [1.82, 2.24) is 15.5 Å². The zero-order valence-corrected chi connectivity index (χ0v) is 19.7. The minimum atomic E-state index is -0.732. The topological polar surface area (TPSA) is 131 Å². The molecule has 1 saturated heterocycles. The number of imide groups is 1. The molecule has 1 aromatic rings. The van der Waals surface area contributed by atoms with Crippen LogP contribution in [0.5, 0.6) is 0 Å². The highest BCUT2D eigenvalue weighted by Crippen LogP contribution is 2.38. The van der Waals surface area contributed by atoms with Gasteiger partial charge in [-0.25, -0.2) is 9.59 Å². The SMILES string of the molecule is CCOC(=O)C1=C(COC(=O)CCN2C(=O)[C@H]3CCCC[C@H]3C2=O)NC(=O)N[C@H]1c1cccs1. The molecule has 0 bridgehead atoms. The number of hydrogen-bond donors (Lipinski definition) is 2. The second kappa shape index (κ2) is 10.4. The van der Waals surface area contributed by atoms with Gasteiger partial charge in [-0.1, -0.05) is 18.9 Å². The van der Waals surface area contributed by atoms with Crippen molar-refractivity contribution in [3.63, 3.8) is 0 Å². The number of thiophene rings is 1. The number of hydrogen-bond acceptors (Lipinski definition) is 8. The van der Waals surface area contributed by atoms with Crippen LogP contribution in [-0.2, 0) is 28.7 Å². The van der Waals surface area contributed by atoms with Gasteiger partial charge in [0.15, 0.2) is 0 Å². The molecule has 3 aliphatic rings. The Morgan fingerprint density at radius 1 is 1.12 bits per heavy atom. The maximum Gasteiger partial charge on any atom is 0.338 e. The van der Waals surface area contributed by atoms with Crippen LogP contribution in [0.25, 0.3) is 0 Å². The van der Waals surface area contributed by atoms with E-state index < -0.39 is 24.0 Å². The van der Waals surface area contributed by atoms with E-state index >= 15 is 0 Å². The Labute approximate surface area is 200 Å². The fourth-order valence-electron chi connectivity index (χ4n) is 4.73. The molecule has 11 heteroatoms. The molecule has 4 amide bonds. The van der Waals surface area contributed by atoms with Gasteiger partial charge in [0.05, 0.1) is 42.2 Å². The van der Waals surface area contributed by atoms with E-state index in [4.69, 9.17) is 9.47 Å². The molecule has 4 rings (SSSR count). The van der Waals surface area contributed by atoms with Crippen LogP contribution < -0.4 is 10.6 Å². The van der Waals surface area contributed by atoms with Crippen LogP contribution in [0.2, 0.25) is 0 Å². The molecule has 10 nitrogen and oxygen atoms in total. The molecule has 1 aromatic heterocycles. The van der Waals surface area contributed by atoms with Crippen LogP contribution in [0, 0.1) is 11.8 Å². The summed E-state index contributed by atoms with van der Waals surface area (Å²) >= 11 is 1.37. The smallest absolute Gasteiger partial charge is 0.338 e. The van der Waals surface area contributed by atoms with Crippen LogP contribution in [0.1, 0.15) is 49.9 Å². The monoisotopic (exact) mass is 489 g/mol. The maximum atomic E-state index is 12.7. The normalized spacial score (nSPS) is 24.4. The van der Waals surface area contributed by atoms with E-state index in [1.54, 1.807) is 19.1 Å². The number of amides is 4. The van der Waals surface area contributed by atoms with Crippen molar-refractivity contribution in [1.29, 1.82) is 0 Å². The third-order valence-corrected chi connectivity index (χ3v) is 7.26. The van der Waals surface area contributed by atoms with Gasteiger partial charge < -0.3 is 20.1 Å². The Morgan fingerprint density at radius 2 is 1.82 bits per heavy atom. The first-order valence-corrected chi connectivity index (χ1v) is 12.3. The molecule has 0 spiro atoms. The van der Waals surface area contributed by atoms with Crippen molar-refractivity contribution in [2.24, 2.45) is 11.8 Å². The summed E-state index contributed by atoms with van der Waals surface area (Å²) in [5.41, 5.74) is 0.291. The summed E-state index contributed by atoms with van der Waals surface area (Å²) in [5.74, 6) is -2.23. The zero-order chi connectivity index (χ0) is 24.2. The summed E-state index contributed by atoms with van der Waals surface area (Å²) in [6.07, 6.45) is 3.11. The standard InChI is InChI=1S/C23H27N3O7S/c1-2-32-22(30)18-15(24-23(31)25-19(18)16-8-5-11-34-16)12-33-17(27)9-10-26-20(28)13-6-3-4-7-14(13)21(26)29/h5,8,11,13-14,19H,2-4,6-7,9-10,12H2,1H3,(H2,24,25,31)/t13-,14+,19-/m0/s1. The summed E-state index contributed by atoms with van der Waals surface area (Å²) in [6, 6.07) is 2.32. The first-order chi connectivity index (χ1) is 16.4. The molecule has 1 saturated carbocycles. The number of likely N-dealkylation sites (tertiary alicyclic amines) is 1. The van der Waals surface area contributed by atoms with Gasteiger partial charge in [-0.2, -0.15) is 0 Å². The number of fused-ring (bicyclic) bond motifs is 1. The largest absolute Gasteiger partial charge is 0.463 e. The number of carbonyl (C=O) groups is 5. The van der Waals surface area contributed by atoms with Gasteiger partial charge in [-0.05, 0) is 31.2 Å². The average molecular weight is 490 g/mol. The number of urea groups is 1. The molecule has 1 aliphatic carbocycles. The Kier molecular flexibility index (Phi) is 7.30. The number of esters is 2. The van der Waals surface area contributed by atoms with Gasteiger partial charge in [0.25, 0.3) is 0 Å². The van der Waals surface area contributed by atoms with Crippen LogP contribution in [0.3, 0.4) is 0 Å². The highest BCUT2D eigenvalue weighted by atomic mass is 32.1. The minimum Gasteiger partial charge on any atom is -0.463 e. The lowest BCUT2D eigenvalue weighted by atomic mass is 9.81. The summed E-state index contributed by atoms with van der Waals surface area (Å²) in [6.45, 7) is 1.42. The van der Waals surface area contributed by atoms with Gasteiger partial charge in [-0.15, -0.1) is 11.3 Å². The summed E-state index contributed by atoms with van der Waals surface area (Å²) in [7, 11) is 0. The number of ether oxygens (including phenoxy) is 2. The van der Waals surface area contributed by atoms with Crippen molar-refractivity contribution in [3.05, 3.63) is 33.7 Å². The van der Waals surface area contributed by atoms with Crippen LogP contribution in [-0.4, -0.2) is 54.4 Å². The van der Waals surface area contributed by atoms with E-state index in [-0.39, 0.29) is 61.1 Å². The number of rotatable bonds is 8. The fraction of sp³-hybridized carbons (Fsp3) is 0.522. The molecular formula is C23H27N3O7S. The third-order valence-electron chi connectivity index (χ3n) is 6.33. The molecule has 3 heterocycles. The van der Waals surface area contributed by atoms with Crippen LogP contribution >= 0.6 is 11.3 Å². The Balaban J connectivity index is 1.42. The van der Waals surface area contributed by atoms with Gasteiger partial charge >= 0.3 is 18.0 Å². The van der Waals surface area contributed by atoms with Crippen molar-refractivity contribution >= 4 is 41.1 Å². The highest BCUT2D eigenvalue weighted by molar-refractivity contribution is 7.10. The molecule has 34 heavy (non-hydrogen) atoms. The number of nitrogens with zero attached hydrogens (tertiary/aromatic N) is 1. The number of nitrogens with one attached hydrogen (secondary N) is 2. The lowest BCUT2D eigenvalue weighted by molar-refractivity contribution is -0.146. The number of carbonyl (C=O) groups excluding carboxylic acids is 5. The molecule has 2 N–H and O–H groups in total. The van der Waals surface area contributed by atoms with Gasteiger partial charge in [0, 0.05) is 11.4 Å². The zero-order valence-electron chi connectivity index (χ0n) is 18.8. The minimum absolute atomic E-state index is 0.0426. The molecule has 3 atom stereocenters. The van der Waals surface area contributed by atoms with E-state index in [1.807, 2.05) is 5.38 Å². The molecule has 2 fully saturated rings. The average Bonchev–Trinajstić information content (AvgIpc) is 3.44. The first kappa shape index (κ1) is 23.9. The quantitative estimate of drug-likeness (QED) is 0.422. The van der Waals surface area contributed by atoms with E-state index in [0.29, 0.717) is 12.8 Å². The summed E-state index contributed by atoms with van der Waals surface area (Å²) in [5, 5.41) is 7.06. The van der Waals surface area contributed by atoms with Crippen molar-refractivity contribution < 1.29 is 33.4 Å². The predicted molar refractivity (Wildman–Crippen MR) is 120 cm³/mol.